The van der Waals surface area contributed by atoms with Crippen LogP contribution in [0.1, 0.15) is 18.9 Å². The largest absolute Gasteiger partial charge is 0.341 e. The van der Waals surface area contributed by atoms with E-state index in [1.165, 1.54) is 31.3 Å². The van der Waals surface area contributed by atoms with Crippen LogP contribution < -0.4 is 16.0 Å². The number of halogens is 1. The first-order chi connectivity index (χ1) is 11.3. The number of benzene rings is 1. The Hall–Kier alpha value is -2.97. The molecule has 1 atom stereocenters. The molecule has 1 heterocycles. The Labute approximate surface area is 137 Å². The van der Waals surface area contributed by atoms with Crippen molar-refractivity contribution in [1.82, 2.24) is 20.9 Å². The maximum Gasteiger partial charge on any atom is 0.325 e. The zero-order chi connectivity index (χ0) is 17.9. The van der Waals surface area contributed by atoms with E-state index in [4.69, 9.17) is 0 Å². The molecule has 9 heteroatoms. The quantitative estimate of drug-likeness (QED) is 0.693. The van der Waals surface area contributed by atoms with Crippen LogP contribution >= 0.6 is 0 Å². The number of carbonyl (C=O) groups is 4. The molecule has 1 fully saturated rings. The summed E-state index contributed by atoms with van der Waals surface area (Å²) < 4.78 is 13.1. The molecule has 0 radical (unpaired) electrons. The van der Waals surface area contributed by atoms with Crippen LogP contribution in [0.25, 0.3) is 0 Å². The fourth-order valence-corrected chi connectivity index (χ4v) is 2.52. The minimum Gasteiger partial charge on any atom is -0.341 e. The molecule has 0 aromatic heterocycles. The smallest absolute Gasteiger partial charge is 0.325 e. The van der Waals surface area contributed by atoms with Gasteiger partial charge in [0.15, 0.2) is 0 Å². The molecule has 0 aliphatic carbocycles. The third-order valence-corrected chi connectivity index (χ3v) is 3.82. The van der Waals surface area contributed by atoms with Crippen molar-refractivity contribution in [3.05, 3.63) is 35.6 Å². The topological polar surface area (TPSA) is 108 Å². The van der Waals surface area contributed by atoms with E-state index in [-0.39, 0.29) is 6.42 Å². The van der Waals surface area contributed by atoms with Crippen LogP contribution in [0.5, 0.6) is 0 Å². The van der Waals surface area contributed by atoms with Crippen LogP contribution in [0.15, 0.2) is 24.3 Å². The van der Waals surface area contributed by atoms with E-state index in [9.17, 15) is 23.6 Å². The molecule has 0 saturated carbocycles. The fourth-order valence-electron chi connectivity index (χ4n) is 2.52. The molecule has 24 heavy (non-hydrogen) atoms. The summed E-state index contributed by atoms with van der Waals surface area (Å²) in [5.74, 6) is -1.90. The van der Waals surface area contributed by atoms with Crippen molar-refractivity contribution in [2.24, 2.45) is 0 Å². The third kappa shape index (κ3) is 3.05. The molecule has 3 N–H and O–H groups in total. The van der Waals surface area contributed by atoms with Gasteiger partial charge >= 0.3 is 12.1 Å². The molecule has 1 saturated heterocycles. The zero-order valence-corrected chi connectivity index (χ0v) is 13.2. The Bertz CT molecular complexity index is 691. The number of imide groups is 2. The normalized spacial score (nSPS) is 19.9. The Morgan fingerprint density at radius 3 is 2.42 bits per heavy atom. The Morgan fingerprint density at radius 1 is 1.25 bits per heavy atom. The SMILES string of the molecule is CC[C@@]1(c2ccc(F)cc2)NC(=O)N(CC(=O)NC(=O)NC)C1=O. The lowest BCUT2D eigenvalue weighted by Crippen LogP contribution is -2.46. The molecule has 8 nitrogen and oxygen atoms in total. The second-order valence-electron chi connectivity index (χ2n) is 5.21. The maximum absolute atomic E-state index is 13.1. The molecule has 6 amide bonds. The second kappa shape index (κ2) is 6.65. The van der Waals surface area contributed by atoms with E-state index in [2.05, 4.69) is 10.6 Å². The number of hydrogen-bond donors (Lipinski definition) is 3. The standard InChI is InChI=1S/C15H17FN4O4/c1-3-15(9-4-6-10(16)7-5-9)12(22)20(14(24)19-15)8-11(21)18-13(23)17-2/h4-7H,3,8H2,1-2H3,(H,19,24)(H2,17,18,21,23)/t15-/m0/s1. The first-order valence-corrected chi connectivity index (χ1v) is 7.25. The number of nitrogens with one attached hydrogen (secondary N) is 3. The highest BCUT2D eigenvalue weighted by molar-refractivity contribution is 6.10. The molecule has 0 spiro atoms. The van der Waals surface area contributed by atoms with Crippen LogP contribution in [0.4, 0.5) is 14.0 Å². The van der Waals surface area contributed by atoms with E-state index in [1.807, 2.05) is 5.32 Å². The van der Waals surface area contributed by atoms with Crippen molar-refractivity contribution in [3.8, 4) is 0 Å². The number of carbonyl (C=O) groups excluding carboxylic acids is 4. The van der Waals surface area contributed by atoms with Crippen molar-refractivity contribution in [1.29, 1.82) is 0 Å². The van der Waals surface area contributed by atoms with Crippen molar-refractivity contribution in [2.45, 2.75) is 18.9 Å². The highest BCUT2D eigenvalue weighted by Crippen LogP contribution is 2.32. The van der Waals surface area contributed by atoms with Crippen LogP contribution in [-0.2, 0) is 15.1 Å². The molecule has 2 rings (SSSR count). The van der Waals surface area contributed by atoms with Gasteiger partial charge in [0.2, 0.25) is 5.91 Å². The van der Waals surface area contributed by atoms with Gasteiger partial charge in [-0.1, -0.05) is 19.1 Å². The molecule has 1 aliphatic heterocycles. The van der Waals surface area contributed by atoms with Gasteiger partial charge in [-0.25, -0.2) is 14.0 Å². The second-order valence-corrected chi connectivity index (χ2v) is 5.21. The van der Waals surface area contributed by atoms with E-state index < -0.39 is 41.8 Å². The van der Waals surface area contributed by atoms with Gasteiger partial charge in [-0.3, -0.25) is 19.8 Å². The summed E-state index contributed by atoms with van der Waals surface area (Å²) >= 11 is 0. The van der Waals surface area contributed by atoms with E-state index in [0.717, 1.165) is 4.90 Å². The van der Waals surface area contributed by atoms with E-state index in [1.54, 1.807) is 6.92 Å². The van der Waals surface area contributed by atoms with Crippen LogP contribution in [0.3, 0.4) is 0 Å². The molecule has 1 aromatic rings. The minimum absolute atomic E-state index is 0.219. The molecular weight excluding hydrogens is 319 g/mol. The average molecular weight is 336 g/mol. The van der Waals surface area contributed by atoms with Gasteiger partial charge < -0.3 is 10.6 Å². The maximum atomic E-state index is 13.1. The highest BCUT2D eigenvalue weighted by Gasteiger charge is 2.51. The molecule has 0 unspecified atom stereocenters. The van der Waals surface area contributed by atoms with Crippen molar-refractivity contribution >= 4 is 23.9 Å². The van der Waals surface area contributed by atoms with Gasteiger partial charge in [-0.2, -0.15) is 0 Å². The minimum atomic E-state index is -1.36. The third-order valence-electron chi connectivity index (χ3n) is 3.82. The van der Waals surface area contributed by atoms with Gasteiger partial charge in [0.1, 0.15) is 17.9 Å². The molecule has 1 aromatic carbocycles. The predicted molar refractivity (Wildman–Crippen MR) is 81.2 cm³/mol. The van der Waals surface area contributed by atoms with Crippen LogP contribution in [0.2, 0.25) is 0 Å². The van der Waals surface area contributed by atoms with Gasteiger partial charge in [0.25, 0.3) is 5.91 Å². The Balaban J connectivity index is 2.24. The molecule has 0 bridgehead atoms. The summed E-state index contributed by atoms with van der Waals surface area (Å²) in [6.07, 6.45) is 0.219. The number of hydrogen-bond acceptors (Lipinski definition) is 4. The summed E-state index contributed by atoms with van der Waals surface area (Å²) in [5, 5.41) is 6.73. The summed E-state index contributed by atoms with van der Waals surface area (Å²) in [7, 11) is 1.33. The number of amides is 6. The summed E-state index contributed by atoms with van der Waals surface area (Å²) in [4.78, 5) is 48.4. The Morgan fingerprint density at radius 2 is 1.88 bits per heavy atom. The van der Waals surface area contributed by atoms with Crippen molar-refractivity contribution in [2.75, 3.05) is 13.6 Å². The molecular formula is C15H17FN4O4. The fraction of sp³-hybridized carbons (Fsp3) is 0.333. The zero-order valence-electron chi connectivity index (χ0n) is 13.2. The number of urea groups is 2. The highest BCUT2D eigenvalue weighted by atomic mass is 19.1. The van der Waals surface area contributed by atoms with Crippen molar-refractivity contribution in [3.63, 3.8) is 0 Å². The summed E-state index contributed by atoms with van der Waals surface area (Å²) in [6.45, 7) is 1.09. The molecule has 128 valence electrons. The van der Waals surface area contributed by atoms with Crippen LogP contribution in [0, 0.1) is 5.82 Å². The first kappa shape index (κ1) is 17.4. The molecule has 1 aliphatic rings. The van der Waals surface area contributed by atoms with E-state index in [0.29, 0.717) is 5.56 Å². The monoisotopic (exact) mass is 336 g/mol. The predicted octanol–water partition coefficient (Wildman–Crippen LogP) is 0.438. The van der Waals surface area contributed by atoms with Gasteiger partial charge in [-0.15, -0.1) is 0 Å². The average Bonchev–Trinajstić information content (AvgIpc) is 2.80. The van der Waals surface area contributed by atoms with Gasteiger partial charge in [-0.05, 0) is 24.1 Å². The number of nitrogens with zero attached hydrogens (tertiary/aromatic N) is 1. The lowest BCUT2D eigenvalue weighted by Gasteiger charge is -2.25. The first-order valence-electron chi connectivity index (χ1n) is 7.25. The Kier molecular flexibility index (Phi) is 4.82. The van der Waals surface area contributed by atoms with Gasteiger partial charge in [0.05, 0.1) is 0 Å². The van der Waals surface area contributed by atoms with Crippen LogP contribution in [-0.4, -0.2) is 42.4 Å². The van der Waals surface area contributed by atoms with Gasteiger partial charge in [0, 0.05) is 7.05 Å². The van der Waals surface area contributed by atoms with E-state index >= 15 is 0 Å². The summed E-state index contributed by atoms with van der Waals surface area (Å²) in [5.41, 5.74) is -0.947. The van der Waals surface area contributed by atoms with Crippen molar-refractivity contribution < 1.29 is 23.6 Å². The number of rotatable bonds is 4. The lowest BCUT2D eigenvalue weighted by atomic mass is 9.87. The lowest BCUT2D eigenvalue weighted by molar-refractivity contribution is -0.135. The summed E-state index contributed by atoms with van der Waals surface area (Å²) in [6, 6.07) is 3.70.